The van der Waals surface area contributed by atoms with E-state index in [4.69, 9.17) is 4.42 Å². The van der Waals surface area contributed by atoms with E-state index >= 15 is 0 Å². The van der Waals surface area contributed by atoms with Crippen LogP contribution in [0.1, 0.15) is 12.5 Å². The van der Waals surface area contributed by atoms with Gasteiger partial charge in [-0.15, -0.1) is 0 Å². The molecule has 0 radical (unpaired) electrons. The molecule has 1 aromatic heterocycles. The van der Waals surface area contributed by atoms with Crippen molar-refractivity contribution in [2.24, 2.45) is 0 Å². The molecule has 0 saturated heterocycles. The van der Waals surface area contributed by atoms with Crippen molar-refractivity contribution < 1.29 is 25.6 Å². The van der Waals surface area contributed by atoms with Crippen molar-refractivity contribution >= 4 is 25.7 Å². The van der Waals surface area contributed by atoms with Gasteiger partial charge in [-0.05, 0) is 24.3 Å². The largest absolute Gasteiger partial charge is 0.472 e. The molecule has 0 spiro atoms. The fraction of sp³-hybridized carbons (Fsp3) is 0.286. The molecule has 2 aromatic rings. The van der Waals surface area contributed by atoms with Gasteiger partial charge >= 0.3 is 0 Å². The summed E-state index contributed by atoms with van der Waals surface area (Å²) in [6.45, 7) is 1.81. The summed E-state index contributed by atoms with van der Waals surface area (Å²) in [6.07, 6.45) is 3.75. The molecule has 1 N–H and O–H groups in total. The van der Waals surface area contributed by atoms with Crippen molar-refractivity contribution in [2.75, 3.05) is 17.5 Å². The quantitative estimate of drug-likeness (QED) is 0.797. The summed E-state index contributed by atoms with van der Waals surface area (Å²) in [5.74, 6) is -1.03. The van der Waals surface area contributed by atoms with Gasteiger partial charge in [0.1, 0.15) is 10.7 Å². The maximum Gasteiger partial charge on any atom is 0.246 e. The Morgan fingerprint density at radius 2 is 1.92 bits per heavy atom. The number of hydrogen-bond acceptors (Lipinski definition) is 5. The number of rotatable bonds is 7. The molecule has 132 valence electrons. The van der Waals surface area contributed by atoms with E-state index in [9.17, 15) is 21.2 Å². The summed E-state index contributed by atoms with van der Waals surface area (Å²) in [7, 11) is -7.66. The van der Waals surface area contributed by atoms with Gasteiger partial charge in [0, 0.05) is 18.7 Å². The number of hydrogen-bond donors (Lipinski definition) is 1. The first-order valence-corrected chi connectivity index (χ1v) is 10.2. The maximum absolute atomic E-state index is 14.2. The second kappa shape index (κ2) is 6.91. The van der Waals surface area contributed by atoms with Crippen molar-refractivity contribution in [2.45, 2.75) is 18.4 Å². The van der Waals surface area contributed by atoms with Crippen LogP contribution in [-0.2, 0) is 26.6 Å². The van der Waals surface area contributed by atoms with Gasteiger partial charge in [-0.25, -0.2) is 21.2 Å². The van der Waals surface area contributed by atoms with Crippen LogP contribution in [0.2, 0.25) is 0 Å². The van der Waals surface area contributed by atoms with Gasteiger partial charge in [0.05, 0.1) is 24.5 Å². The van der Waals surface area contributed by atoms with Gasteiger partial charge in [0.2, 0.25) is 20.0 Å². The minimum Gasteiger partial charge on any atom is -0.472 e. The fourth-order valence-corrected chi connectivity index (χ4v) is 4.12. The predicted molar refractivity (Wildman–Crippen MR) is 86.8 cm³/mol. The van der Waals surface area contributed by atoms with Crippen LogP contribution in [0.25, 0.3) is 0 Å². The highest BCUT2D eigenvalue weighted by Gasteiger charge is 2.27. The third-order valence-corrected chi connectivity index (χ3v) is 5.71. The van der Waals surface area contributed by atoms with Crippen molar-refractivity contribution in [3.63, 3.8) is 0 Å². The summed E-state index contributed by atoms with van der Waals surface area (Å²) in [5, 5.41) is 0. The molecule has 1 aromatic carbocycles. The van der Waals surface area contributed by atoms with Crippen LogP contribution in [0.3, 0.4) is 0 Å². The number of benzene rings is 1. The summed E-state index contributed by atoms with van der Waals surface area (Å²) in [4.78, 5) is -0.521. The molecular weight excluding hydrogens is 359 g/mol. The Labute approximate surface area is 140 Å². The van der Waals surface area contributed by atoms with Crippen LogP contribution < -0.4 is 4.72 Å². The number of sulfonamides is 2. The Morgan fingerprint density at radius 1 is 1.21 bits per heavy atom. The highest BCUT2D eigenvalue weighted by atomic mass is 32.2. The van der Waals surface area contributed by atoms with Crippen LogP contribution in [0.5, 0.6) is 0 Å². The summed E-state index contributed by atoms with van der Waals surface area (Å²) in [6, 6.07) is 4.69. The van der Waals surface area contributed by atoms with Crippen molar-refractivity contribution in [3.8, 4) is 0 Å². The lowest BCUT2D eigenvalue weighted by molar-refractivity contribution is 0.417. The predicted octanol–water partition coefficient (Wildman–Crippen LogP) is 2.00. The average molecular weight is 376 g/mol. The zero-order chi connectivity index (χ0) is 18.0. The molecule has 10 heteroatoms. The van der Waals surface area contributed by atoms with E-state index in [0.717, 1.165) is 22.7 Å². The van der Waals surface area contributed by atoms with Gasteiger partial charge in [0.15, 0.2) is 0 Å². The fourth-order valence-electron chi connectivity index (χ4n) is 2.08. The molecule has 0 saturated carbocycles. The zero-order valence-corrected chi connectivity index (χ0v) is 14.7. The Kier molecular flexibility index (Phi) is 5.31. The van der Waals surface area contributed by atoms with Gasteiger partial charge < -0.3 is 4.42 Å². The third kappa shape index (κ3) is 4.34. The van der Waals surface area contributed by atoms with Crippen molar-refractivity contribution in [3.05, 3.63) is 48.2 Å². The molecule has 0 aliphatic rings. The second-order valence-electron chi connectivity index (χ2n) is 5.08. The smallest absolute Gasteiger partial charge is 0.246 e. The Bertz CT molecular complexity index is 909. The molecule has 0 aliphatic heterocycles. The van der Waals surface area contributed by atoms with Crippen LogP contribution in [0.4, 0.5) is 10.1 Å². The van der Waals surface area contributed by atoms with Gasteiger partial charge in [-0.1, -0.05) is 6.92 Å². The minimum absolute atomic E-state index is 0.0398. The molecular formula is C14H17FN2O5S2. The SMILES string of the molecule is CCN(Cc1ccoc1)S(=O)(=O)c1ccc(NS(C)(=O)=O)cc1F. The van der Waals surface area contributed by atoms with Crippen LogP contribution in [0.15, 0.2) is 46.1 Å². The van der Waals surface area contributed by atoms with E-state index < -0.39 is 30.8 Å². The Hall–Kier alpha value is -1.91. The van der Waals surface area contributed by atoms with Crippen LogP contribution in [-0.4, -0.2) is 33.9 Å². The molecule has 2 rings (SSSR count). The van der Waals surface area contributed by atoms with Crippen molar-refractivity contribution in [1.29, 1.82) is 0 Å². The molecule has 1 heterocycles. The first kappa shape index (κ1) is 18.4. The summed E-state index contributed by atoms with van der Waals surface area (Å²) >= 11 is 0. The number of halogens is 1. The number of anilines is 1. The van der Waals surface area contributed by atoms with Crippen LogP contribution >= 0.6 is 0 Å². The van der Waals surface area contributed by atoms with E-state index in [2.05, 4.69) is 4.72 Å². The van der Waals surface area contributed by atoms with E-state index in [1.807, 2.05) is 0 Å². The van der Waals surface area contributed by atoms with E-state index in [1.54, 1.807) is 13.0 Å². The molecule has 24 heavy (non-hydrogen) atoms. The molecule has 0 unspecified atom stereocenters. The molecule has 0 atom stereocenters. The number of nitrogens with zero attached hydrogens (tertiary/aromatic N) is 1. The zero-order valence-electron chi connectivity index (χ0n) is 13.1. The lowest BCUT2D eigenvalue weighted by Gasteiger charge is -2.20. The molecule has 0 bridgehead atoms. The summed E-state index contributed by atoms with van der Waals surface area (Å²) < 4.78 is 69.9. The first-order valence-electron chi connectivity index (χ1n) is 6.92. The lowest BCUT2D eigenvalue weighted by atomic mass is 10.3. The molecule has 0 amide bonds. The highest BCUT2D eigenvalue weighted by Crippen LogP contribution is 2.24. The monoisotopic (exact) mass is 376 g/mol. The van der Waals surface area contributed by atoms with E-state index in [0.29, 0.717) is 5.56 Å². The number of furan rings is 1. The third-order valence-electron chi connectivity index (χ3n) is 3.14. The van der Waals surface area contributed by atoms with Crippen LogP contribution in [0, 0.1) is 5.82 Å². The Morgan fingerprint density at radius 3 is 2.42 bits per heavy atom. The average Bonchev–Trinajstić information content (AvgIpc) is 2.95. The molecule has 7 nitrogen and oxygen atoms in total. The summed E-state index contributed by atoms with van der Waals surface area (Å²) in [5.41, 5.74) is 0.586. The van der Waals surface area contributed by atoms with E-state index in [-0.39, 0.29) is 18.8 Å². The first-order chi connectivity index (χ1) is 11.1. The highest BCUT2D eigenvalue weighted by molar-refractivity contribution is 7.92. The standard InChI is InChI=1S/C14H17FN2O5S2/c1-3-17(9-11-6-7-22-10-11)24(20,21)14-5-4-12(8-13(14)15)16-23(2,18)19/h4-8,10,16H,3,9H2,1-2H3. The van der Waals surface area contributed by atoms with Gasteiger partial charge in [-0.3, -0.25) is 4.72 Å². The van der Waals surface area contributed by atoms with Gasteiger partial charge in [0.25, 0.3) is 0 Å². The lowest BCUT2D eigenvalue weighted by Crippen LogP contribution is -2.31. The van der Waals surface area contributed by atoms with E-state index in [1.165, 1.54) is 18.6 Å². The maximum atomic E-state index is 14.2. The molecule has 0 aliphatic carbocycles. The van der Waals surface area contributed by atoms with Gasteiger partial charge in [-0.2, -0.15) is 4.31 Å². The normalized spacial score (nSPS) is 12.5. The topological polar surface area (TPSA) is 96.7 Å². The minimum atomic E-state index is -4.08. The second-order valence-corrected chi connectivity index (χ2v) is 8.74. The Balaban J connectivity index is 2.34. The van der Waals surface area contributed by atoms with Crippen molar-refractivity contribution in [1.82, 2.24) is 4.31 Å². The number of nitrogens with one attached hydrogen (secondary N) is 1. The molecule has 0 fully saturated rings.